The van der Waals surface area contributed by atoms with Crippen molar-refractivity contribution < 1.29 is 0 Å². The highest BCUT2D eigenvalue weighted by Gasteiger charge is 2.36. The van der Waals surface area contributed by atoms with Crippen molar-refractivity contribution in [1.29, 1.82) is 0 Å². The highest BCUT2D eigenvalue weighted by molar-refractivity contribution is 6.07. The molecule has 12 rings (SSSR count). The molecule has 0 N–H and O–H groups in total. The third-order valence-electron chi connectivity index (χ3n) is 12.1. The Kier molecular flexibility index (Phi) is 6.75. The van der Waals surface area contributed by atoms with E-state index in [9.17, 15) is 0 Å². The molecule has 7 aromatic carbocycles. The second-order valence-electron chi connectivity index (χ2n) is 15.2. The lowest BCUT2D eigenvalue weighted by molar-refractivity contribution is 0.650. The summed E-state index contributed by atoms with van der Waals surface area (Å²) in [7, 11) is 0. The summed E-state index contributed by atoms with van der Waals surface area (Å²) in [5.41, 5.74) is 15.6. The largest absolute Gasteiger partial charge is 0.294 e. The number of hydrogen-bond acceptors (Lipinski definition) is 1. The average Bonchev–Trinajstić information content (AvgIpc) is 3.79. The van der Waals surface area contributed by atoms with E-state index in [4.69, 9.17) is 4.98 Å². The maximum atomic E-state index is 5.20. The number of aromatic nitrogens is 3. The first-order chi connectivity index (χ1) is 27.8. The summed E-state index contributed by atoms with van der Waals surface area (Å²) >= 11 is 0. The van der Waals surface area contributed by atoms with Gasteiger partial charge in [0.25, 0.3) is 0 Å². The van der Waals surface area contributed by atoms with E-state index in [2.05, 4.69) is 209 Å². The Hall–Kier alpha value is -7.23. The van der Waals surface area contributed by atoms with Gasteiger partial charge in [-0.25, -0.2) is 4.98 Å². The molecule has 3 nitrogen and oxygen atoms in total. The van der Waals surface area contributed by atoms with Gasteiger partial charge in [-0.05, 0) is 109 Å². The van der Waals surface area contributed by atoms with Gasteiger partial charge >= 0.3 is 0 Å². The van der Waals surface area contributed by atoms with Crippen LogP contribution in [-0.4, -0.2) is 14.0 Å². The van der Waals surface area contributed by atoms with E-state index >= 15 is 0 Å². The molecule has 10 aromatic rings. The summed E-state index contributed by atoms with van der Waals surface area (Å²) in [5.74, 6) is 0.321. The van der Waals surface area contributed by atoms with Crippen molar-refractivity contribution in [2.24, 2.45) is 5.92 Å². The van der Waals surface area contributed by atoms with E-state index in [-0.39, 0.29) is 11.8 Å². The summed E-state index contributed by atoms with van der Waals surface area (Å²) in [4.78, 5) is 5.20. The Labute approximate surface area is 324 Å². The fraction of sp³-hybridized carbons (Fsp3) is 0.0377. The van der Waals surface area contributed by atoms with E-state index in [1.54, 1.807) is 0 Å². The van der Waals surface area contributed by atoms with Crippen LogP contribution in [0.1, 0.15) is 28.2 Å². The van der Waals surface area contributed by atoms with Crippen molar-refractivity contribution in [3.8, 4) is 16.8 Å². The molecule has 3 aromatic heterocycles. The van der Waals surface area contributed by atoms with Crippen LogP contribution in [-0.2, 0) is 0 Å². The highest BCUT2D eigenvalue weighted by atomic mass is 15.1. The van der Waals surface area contributed by atoms with E-state index in [1.165, 1.54) is 60.5 Å². The molecular formula is C53H35N3. The molecule has 0 aliphatic heterocycles. The molecule has 262 valence electrons. The van der Waals surface area contributed by atoms with Gasteiger partial charge in [-0.1, -0.05) is 152 Å². The number of rotatable bonds is 4. The highest BCUT2D eigenvalue weighted by Crippen LogP contribution is 2.51. The third kappa shape index (κ3) is 4.67. The molecule has 0 bridgehead atoms. The zero-order chi connectivity index (χ0) is 36.7. The molecule has 56 heavy (non-hydrogen) atoms. The average molecular weight is 714 g/mol. The van der Waals surface area contributed by atoms with Gasteiger partial charge in [-0.15, -0.1) is 0 Å². The summed E-state index contributed by atoms with van der Waals surface area (Å²) in [6.45, 7) is 0. The third-order valence-corrected chi connectivity index (χ3v) is 12.1. The maximum absolute atomic E-state index is 5.20. The Balaban J connectivity index is 1.10. The number of benzene rings is 7. The number of fused-ring (bicyclic) bond motifs is 9. The van der Waals surface area contributed by atoms with Crippen molar-refractivity contribution in [2.75, 3.05) is 0 Å². The van der Waals surface area contributed by atoms with E-state index in [1.807, 2.05) is 0 Å². The molecule has 3 heteroatoms. The number of hydrogen-bond donors (Lipinski definition) is 0. The molecule has 0 spiro atoms. The van der Waals surface area contributed by atoms with Crippen molar-refractivity contribution in [1.82, 2.24) is 14.0 Å². The molecule has 2 aliphatic rings. The maximum Gasteiger partial charge on any atom is 0.150 e. The smallest absolute Gasteiger partial charge is 0.150 e. The van der Waals surface area contributed by atoms with Gasteiger partial charge in [-0.2, -0.15) is 0 Å². The van der Waals surface area contributed by atoms with E-state index in [0.717, 1.165) is 39.0 Å². The predicted molar refractivity (Wildman–Crippen MR) is 232 cm³/mol. The van der Waals surface area contributed by atoms with Crippen LogP contribution < -0.4 is 0 Å². The standard InChI is InChI=1S/C53H35N3/c1-2-16-42(17-3-1)56-48-21-11-10-20-46(48)52-53(56)55-33-41(27-29-49(55)54-52)38-26-28-45-47(32-38)51(40-25-23-35-13-5-7-15-37(35)31-40)44-19-9-8-18-43(44)50(45)39-24-22-34-12-4-6-14-36(34)30-39/h1-33,44,51H. The second-order valence-corrected chi connectivity index (χ2v) is 15.2. The van der Waals surface area contributed by atoms with Crippen LogP contribution in [0.4, 0.5) is 0 Å². The molecule has 0 saturated heterocycles. The number of nitrogens with zero attached hydrogens (tertiary/aromatic N) is 3. The lowest BCUT2D eigenvalue weighted by Crippen LogP contribution is -2.23. The van der Waals surface area contributed by atoms with Crippen LogP contribution in [0.3, 0.4) is 0 Å². The van der Waals surface area contributed by atoms with Crippen molar-refractivity contribution in [3.05, 3.63) is 228 Å². The fourth-order valence-electron chi connectivity index (χ4n) is 9.55. The summed E-state index contributed by atoms with van der Waals surface area (Å²) in [6.07, 6.45) is 11.5. The normalized spacial score (nSPS) is 16.4. The first kappa shape index (κ1) is 31.2. The topological polar surface area (TPSA) is 22.2 Å². The zero-order valence-corrected chi connectivity index (χ0v) is 30.5. The van der Waals surface area contributed by atoms with Crippen molar-refractivity contribution in [3.63, 3.8) is 0 Å². The van der Waals surface area contributed by atoms with Gasteiger partial charge < -0.3 is 0 Å². The van der Waals surface area contributed by atoms with Crippen LogP contribution in [0.2, 0.25) is 0 Å². The predicted octanol–water partition coefficient (Wildman–Crippen LogP) is 13.1. The monoisotopic (exact) mass is 713 g/mol. The van der Waals surface area contributed by atoms with Gasteiger partial charge in [0.2, 0.25) is 0 Å². The van der Waals surface area contributed by atoms with Crippen molar-refractivity contribution >= 4 is 54.8 Å². The molecular weight excluding hydrogens is 679 g/mol. The van der Waals surface area contributed by atoms with Gasteiger partial charge in [0.1, 0.15) is 11.2 Å². The Bertz CT molecular complexity index is 3320. The summed E-state index contributed by atoms with van der Waals surface area (Å²) in [5, 5.41) is 6.20. The molecule has 0 saturated carbocycles. The Morgan fingerprint density at radius 2 is 1.25 bits per heavy atom. The van der Waals surface area contributed by atoms with Crippen LogP contribution in [0.25, 0.3) is 71.6 Å². The Morgan fingerprint density at radius 3 is 2.11 bits per heavy atom. The number of allylic oxidation sites excluding steroid dienone is 5. The summed E-state index contributed by atoms with van der Waals surface area (Å²) in [6, 6.07) is 62.2. The minimum Gasteiger partial charge on any atom is -0.294 e. The van der Waals surface area contributed by atoms with Crippen LogP contribution in [0.15, 0.2) is 206 Å². The molecule has 2 aliphatic carbocycles. The van der Waals surface area contributed by atoms with Crippen LogP contribution in [0, 0.1) is 5.92 Å². The van der Waals surface area contributed by atoms with Crippen LogP contribution >= 0.6 is 0 Å². The molecule has 3 heterocycles. The minimum atomic E-state index is 0.138. The van der Waals surface area contributed by atoms with Gasteiger partial charge in [0.15, 0.2) is 5.65 Å². The quantitative estimate of drug-likeness (QED) is 0.178. The number of imidazole rings is 1. The lowest BCUT2D eigenvalue weighted by atomic mass is 9.66. The van der Waals surface area contributed by atoms with Crippen LogP contribution in [0.5, 0.6) is 0 Å². The van der Waals surface area contributed by atoms with Gasteiger partial charge in [0, 0.05) is 29.1 Å². The molecule has 2 unspecified atom stereocenters. The van der Waals surface area contributed by atoms with Gasteiger partial charge in [-0.3, -0.25) is 8.97 Å². The minimum absolute atomic E-state index is 0.138. The lowest BCUT2D eigenvalue weighted by Gasteiger charge is -2.37. The van der Waals surface area contributed by atoms with Crippen molar-refractivity contribution in [2.45, 2.75) is 5.92 Å². The van der Waals surface area contributed by atoms with Gasteiger partial charge in [0.05, 0.1) is 5.52 Å². The molecule has 0 radical (unpaired) electrons. The number of pyridine rings is 1. The number of para-hydroxylation sites is 2. The summed E-state index contributed by atoms with van der Waals surface area (Å²) < 4.78 is 4.63. The molecule has 2 atom stereocenters. The SMILES string of the molecule is C1=CC2=C(c3ccc4ccccc4c3)c3ccc(-c4ccc5nc6c7ccccc7n(-c7ccccc7)c6n5c4)cc3C(c3ccc4ccccc4c3)C2C=C1. The van der Waals surface area contributed by atoms with E-state index < -0.39 is 0 Å². The fourth-order valence-corrected chi connectivity index (χ4v) is 9.55. The zero-order valence-electron chi connectivity index (χ0n) is 30.5. The molecule has 0 fully saturated rings. The molecule has 0 amide bonds. The first-order valence-corrected chi connectivity index (χ1v) is 19.5. The van der Waals surface area contributed by atoms with E-state index in [0.29, 0.717) is 0 Å². The Morgan fingerprint density at radius 1 is 0.536 bits per heavy atom. The first-order valence-electron chi connectivity index (χ1n) is 19.5. The second kappa shape index (κ2) is 12.1.